The minimum absolute atomic E-state index is 0. The van der Waals surface area contributed by atoms with Gasteiger partial charge >= 0.3 is 19.8 Å². The van der Waals surface area contributed by atoms with Gasteiger partial charge in [-0.2, -0.15) is 18.2 Å². The van der Waals surface area contributed by atoms with Gasteiger partial charge in [0.05, 0.1) is 5.76 Å². The van der Waals surface area contributed by atoms with Crippen molar-refractivity contribution in [3.05, 3.63) is 66.0 Å². The molecule has 0 unspecified atom stereocenters. The maximum atomic E-state index is 8.83. The van der Waals surface area contributed by atoms with Gasteiger partial charge in [-0.15, -0.1) is 0 Å². The van der Waals surface area contributed by atoms with Crippen LogP contribution in [0.1, 0.15) is 6.92 Å². The first-order valence-electron chi connectivity index (χ1n) is 4.22. The molecule has 1 nitrogen and oxygen atoms in total. The van der Waals surface area contributed by atoms with E-state index in [1.54, 1.807) is 6.92 Å². The maximum absolute atomic E-state index is 8.83. The van der Waals surface area contributed by atoms with E-state index in [2.05, 4.69) is 0 Å². The molecule has 75 valence electrons. The smallest absolute Gasteiger partial charge is 0.512 e. The molecule has 2 rings (SSSR count). The molecule has 0 saturated carbocycles. The van der Waals surface area contributed by atoms with Crippen LogP contribution in [0.2, 0.25) is 0 Å². The summed E-state index contributed by atoms with van der Waals surface area (Å²) < 4.78 is 0. The van der Waals surface area contributed by atoms with Crippen LogP contribution in [0.25, 0.3) is 0 Å². The van der Waals surface area contributed by atoms with Crippen molar-refractivity contribution in [1.82, 2.24) is 0 Å². The van der Waals surface area contributed by atoms with Crippen LogP contribution in [0.4, 0.5) is 0 Å². The summed E-state index contributed by atoms with van der Waals surface area (Å²) in [5.41, 5.74) is 0.907. The summed E-state index contributed by atoms with van der Waals surface area (Å²) in [5.74, 6) is 0.384. The fraction of sp³-hybridized carbons (Fsp3) is 0.0833. The summed E-state index contributed by atoms with van der Waals surface area (Å²) in [6.07, 6.45) is 7.54. The molecule has 14 heavy (non-hydrogen) atoms. The number of rotatable bonds is 0. The third kappa shape index (κ3) is 4.89. The Balaban J connectivity index is 0.000000246. The minimum Gasteiger partial charge on any atom is -0.512 e. The van der Waals surface area contributed by atoms with E-state index in [1.807, 2.05) is 54.6 Å². The maximum Gasteiger partial charge on any atom is 1.00 e. The number of aliphatic hydroxyl groups excluding tert-OH is 1. The zero-order chi connectivity index (χ0) is 9.52. The predicted molar refractivity (Wildman–Crippen MR) is 55.6 cm³/mol. The van der Waals surface area contributed by atoms with Crippen LogP contribution >= 0.6 is 0 Å². The Morgan fingerprint density at radius 2 is 1.64 bits per heavy atom. The van der Waals surface area contributed by atoms with Crippen molar-refractivity contribution in [2.24, 2.45) is 0 Å². The van der Waals surface area contributed by atoms with Gasteiger partial charge in [0.15, 0.2) is 0 Å². The van der Waals surface area contributed by atoms with Gasteiger partial charge in [0, 0.05) is 5.57 Å². The zero-order valence-corrected chi connectivity index (χ0v) is 10.5. The number of hydrogen-bond donors (Lipinski definition) is 1. The number of aliphatic hydroxyl groups is 1. The summed E-state index contributed by atoms with van der Waals surface area (Å²) in [6.45, 7) is 1.68. The Hall–Kier alpha value is -0.994. The monoisotopic (exact) mass is 365 g/mol. The first kappa shape index (κ1) is 13.0. The first-order valence-corrected chi connectivity index (χ1v) is 4.22. The molecule has 0 saturated heterocycles. The van der Waals surface area contributed by atoms with Gasteiger partial charge in [-0.05, 0) is 6.92 Å². The third-order valence-corrected chi connectivity index (χ3v) is 1.64. The van der Waals surface area contributed by atoms with Crippen molar-refractivity contribution in [2.45, 2.75) is 6.92 Å². The van der Waals surface area contributed by atoms with Crippen LogP contribution in [0, 0.1) is 0 Å². The molecule has 1 aliphatic carbocycles. The average Bonchev–Trinajstić information content (AvgIpc) is 2.82. The predicted octanol–water partition coefficient (Wildman–Crippen LogP) is 3.35. The minimum atomic E-state index is 0. The third-order valence-electron chi connectivity index (χ3n) is 1.64. The molecule has 0 atom stereocenters. The van der Waals surface area contributed by atoms with E-state index >= 15 is 0 Å². The molecule has 2 heteroatoms. The quantitative estimate of drug-likeness (QED) is 0.554. The van der Waals surface area contributed by atoms with Crippen LogP contribution in [0.3, 0.4) is 0 Å². The van der Waals surface area contributed by atoms with E-state index in [-0.39, 0.29) is 19.8 Å². The van der Waals surface area contributed by atoms with Crippen LogP contribution in [0.5, 0.6) is 0 Å². The Labute approximate surface area is 97.9 Å². The molecular weight excluding hydrogens is 350 g/mol. The summed E-state index contributed by atoms with van der Waals surface area (Å²) in [4.78, 5) is 0. The van der Waals surface area contributed by atoms with Crippen LogP contribution in [-0.4, -0.2) is 5.11 Å². The van der Waals surface area contributed by atoms with Crippen LogP contribution in [0.15, 0.2) is 66.0 Å². The molecule has 1 aliphatic rings. The van der Waals surface area contributed by atoms with E-state index in [4.69, 9.17) is 5.11 Å². The van der Waals surface area contributed by atoms with Crippen LogP contribution in [-0.2, 0) is 19.8 Å². The SMILES string of the molecule is CC(O)=C1C=CC=C1.[Os+].c1cc[cH-]c1. The van der Waals surface area contributed by atoms with Gasteiger partial charge in [-0.25, -0.2) is 12.1 Å². The van der Waals surface area contributed by atoms with E-state index in [9.17, 15) is 0 Å². The average molecular weight is 363 g/mol. The molecule has 0 fully saturated rings. The van der Waals surface area contributed by atoms with Crippen molar-refractivity contribution in [3.63, 3.8) is 0 Å². The molecule has 0 aliphatic heterocycles. The summed E-state index contributed by atoms with van der Waals surface area (Å²) in [7, 11) is 0. The van der Waals surface area contributed by atoms with E-state index in [0.29, 0.717) is 5.76 Å². The molecule has 1 aromatic rings. The molecule has 1 aromatic carbocycles. The van der Waals surface area contributed by atoms with Crippen molar-refractivity contribution in [3.8, 4) is 0 Å². The molecule has 1 radical (unpaired) electrons. The first-order chi connectivity index (χ1) is 6.30. The second-order valence-electron chi connectivity index (χ2n) is 2.72. The molecule has 1 N–H and O–H groups in total. The van der Waals surface area contributed by atoms with E-state index in [0.717, 1.165) is 5.57 Å². The van der Waals surface area contributed by atoms with Gasteiger partial charge in [0.2, 0.25) is 0 Å². The number of hydrogen-bond acceptors (Lipinski definition) is 1. The van der Waals surface area contributed by atoms with Gasteiger partial charge in [-0.3, -0.25) is 0 Å². The fourth-order valence-electron chi connectivity index (χ4n) is 0.936. The van der Waals surface area contributed by atoms with Gasteiger partial charge in [0.1, 0.15) is 0 Å². The molecule has 0 aromatic heterocycles. The van der Waals surface area contributed by atoms with Gasteiger partial charge in [0.25, 0.3) is 0 Å². The topological polar surface area (TPSA) is 20.2 Å². The molecule has 0 heterocycles. The largest absolute Gasteiger partial charge is 1.00 e. The van der Waals surface area contributed by atoms with Crippen molar-refractivity contribution < 1.29 is 24.9 Å². The standard InChI is InChI=1S/C7H8O.C5H5.Os/c1-6(8)7-4-2-3-5-7;1-2-4-5-3-1;/h2-5,8H,1H3;1-5H;/q;-1;+1. The van der Waals surface area contributed by atoms with E-state index < -0.39 is 0 Å². The summed E-state index contributed by atoms with van der Waals surface area (Å²) in [5, 5.41) is 8.83. The van der Waals surface area contributed by atoms with Crippen LogP contribution < -0.4 is 0 Å². The second-order valence-corrected chi connectivity index (χ2v) is 2.72. The molecule has 0 amide bonds. The Morgan fingerprint density at radius 3 is 1.86 bits per heavy atom. The Kier molecular flexibility index (Phi) is 6.89. The zero-order valence-electron chi connectivity index (χ0n) is 8.00. The molecular formula is C12H13OOs. The Morgan fingerprint density at radius 1 is 1.14 bits per heavy atom. The van der Waals surface area contributed by atoms with Crippen molar-refractivity contribution >= 4 is 0 Å². The van der Waals surface area contributed by atoms with Gasteiger partial charge in [-0.1, -0.05) is 24.3 Å². The van der Waals surface area contributed by atoms with Crippen molar-refractivity contribution in [1.29, 1.82) is 0 Å². The van der Waals surface area contributed by atoms with Gasteiger partial charge < -0.3 is 5.11 Å². The number of allylic oxidation sites excluding steroid dienone is 6. The van der Waals surface area contributed by atoms with E-state index in [1.165, 1.54) is 0 Å². The fourth-order valence-corrected chi connectivity index (χ4v) is 0.936. The van der Waals surface area contributed by atoms with Crippen molar-refractivity contribution in [2.75, 3.05) is 0 Å². The molecule has 0 spiro atoms. The second kappa shape index (κ2) is 7.41. The summed E-state index contributed by atoms with van der Waals surface area (Å²) >= 11 is 0. The Bertz CT molecular complexity index is 283. The molecule has 0 bridgehead atoms. The summed E-state index contributed by atoms with van der Waals surface area (Å²) in [6, 6.07) is 10.0. The normalized spacial score (nSPS) is 11.6.